The Balaban J connectivity index is 2.25. The fourth-order valence-electron chi connectivity index (χ4n) is 3.05. The molecule has 190 valence electrons. The molecular weight excluding hydrogens is 476 g/mol. The molecule has 0 saturated carbocycles. The molecule has 0 spiro atoms. The van der Waals surface area contributed by atoms with Crippen molar-refractivity contribution in [1.29, 1.82) is 0 Å². The summed E-state index contributed by atoms with van der Waals surface area (Å²) in [7, 11) is -3.63. The van der Waals surface area contributed by atoms with E-state index >= 15 is 0 Å². The molecule has 0 aliphatic carbocycles. The number of amides is 1. The highest BCUT2D eigenvalue weighted by atomic mass is 32.2. The second-order valence-electron chi connectivity index (χ2n) is 8.94. The van der Waals surface area contributed by atoms with Crippen LogP contribution in [0.4, 0.5) is 0 Å². The monoisotopic (exact) mass is 518 g/mol. The van der Waals surface area contributed by atoms with Crippen molar-refractivity contribution in [2.24, 2.45) is 5.73 Å². The molecule has 1 rings (SSSR count). The molecule has 1 heterocycles. The van der Waals surface area contributed by atoms with Gasteiger partial charge in [-0.05, 0) is 38.7 Å². The lowest BCUT2D eigenvalue weighted by atomic mass is 10.4. The number of hydrogen-bond donors (Lipinski definition) is 2. The van der Waals surface area contributed by atoms with Gasteiger partial charge in [0, 0.05) is 43.3 Å². The summed E-state index contributed by atoms with van der Waals surface area (Å²) in [6, 6.07) is 1.03. The average Bonchev–Trinajstić information content (AvgIpc) is 2.74. The second-order valence-corrected chi connectivity index (χ2v) is 19.1. The highest BCUT2D eigenvalue weighted by Crippen LogP contribution is 2.25. The lowest BCUT2D eigenvalue weighted by Gasteiger charge is -2.33. The maximum absolute atomic E-state index is 11.0. The molecule has 0 aliphatic heterocycles. The van der Waals surface area contributed by atoms with Crippen molar-refractivity contribution in [1.82, 2.24) is 15.3 Å². The van der Waals surface area contributed by atoms with Crippen molar-refractivity contribution >= 4 is 34.3 Å². The summed E-state index contributed by atoms with van der Waals surface area (Å²) >= 11 is 1.65. The summed E-state index contributed by atoms with van der Waals surface area (Å²) < 4.78 is 22.9. The van der Waals surface area contributed by atoms with E-state index < -0.39 is 16.6 Å². The smallest absolute Gasteiger partial charge is 0.216 e. The Morgan fingerprint density at radius 1 is 1.00 bits per heavy atom. The number of thioether (sulfide) groups is 1. The molecular formula is C21H42N4O5SSi2. The van der Waals surface area contributed by atoms with Crippen LogP contribution in [0.5, 0.6) is 0 Å². The fourth-order valence-corrected chi connectivity index (χ4v) is 13.4. The van der Waals surface area contributed by atoms with Gasteiger partial charge < -0.3 is 29.4 Å². The minimum atomic E-state index is -1.86. The standard InChI is InChI=1S/C21H42N4O5SSi2/c1-19(26)23-8-6-14-32(2,3)30-33(4,5)18-31-21-24-15-20(16-25-21)17-29-13-12-28-11-10-27-9-7-22/h15-16H,6-14,17-18,22H2,1-5H3,(H,23,26). The first-order valence-corrected chi connectivity index (χ1v) is 18.7. The molecule has 12 heteroatoms. The third-order valence-electron chi connectivity index (χ3n) is 4.39. The first kappa shape index (κ1) is 30.2. The van der Waals surface area contributed by atoms with E-state index in [-0.39, 0.29) is 5.91 Å². The van der Waals surface area contributed by atoms with E-state index in [2.05, 4.69) is 41.5 Å². The van der Waals surface area contributed by atoms with Crippen molar-refractivity contribution in [3.63, 3.8) is 0 Å². The van der Waals surface area contributed by atoms with Crippen LogP contribution in [-0.4, -0.2) is 84.0 Å². The quantitative estimate of drug-likeness (QED) is 0.123. The second kappa shape index (κ2) is 16.7. The molecule has 1 aromatic heterocycles. The summed E-state index contributed by atoms with van der Waals surface area (Å²) in [5.41, 5.74) is 6.28. The molecule has 1 amide bonds. The van der Waals surface area contributed by atoms with Crippen LogP contribution in [0, 0.1) is 0 Å². The molecule has 0 unspecified atom stereocenters. The molecule has 0 aromatic carbocycles. The molecule has 0 aliphatic rings. The van der Waals surface area contributed by atoms with Crippen LogP contribution >= 0.6 is 11.8 Å². The number of aromatic nitrogens is 2. The van der Waals surface area contributed by atoms with Crippen molar-refractivity contribution in [2.45, 2.75) is 57.3 Å². The summed E-state index contributed by atoms with van der Waals surface area (Å²) in [5, 5.41) is 4.52. The number of carbonyl (C=O) groups is 1. The van der Waals surface area contributed by atoms with Crippen LogP contribution in [0.2, 0.25) is 32.2 Å². The van der Waals surface area contributed by atoms with E-state index in [0.717, 1.165) is 28.6 Å². The minimum Gasteiger partial charge on any atom is -0.455 e. The van der Waals surface area contributed by atoms with E-state index in [1.54, 1.807) is 18.7 Å². The van der Waals surface area contributed by atoms with Gasteiger partial charge in [0.1, 0.15) is 0 Å². The van der Waals surface area contributed by atoms with E-state index in [9.17, 15) is 4.79 Å². The molecule has 0 saturated heterocycles. The largest absolute Gasteiger partial charge is 0.455 e. The lowest BCUT2D eigenvalue weighted by molar-refractivity contribution is -0.118. The van der Waals surface area contributed by atoms with E-state index in [1.165, 1.54) is 0 Å². The Labute approximate surface area is 205 Å². The summed E-state index contributed by atoms with van der Waals surface area (Å²) in [6.45, 7) is 14.9. The summed E-state index contributed by atoms with van der Waals surface area (Å²) in [5.74, 6) is 0.0216. The lowest BCUT2D eigenvalue weighted by Crippen LogP contribution is -2.46. The van der Waals surface area contributed by atoms with Gasteiger partial charge in [0.25, 0.3) is 0 Å². The van der Waals surface area contributed by atoms with Crippen LogP contribution in [0.1, 0.15) is 18.9 Å². The molecule has 3 N–H and O–H groups in total. The first-order valence-electron chi connectivity index (χ1n) is 11.5. The SMILES string of the molecule is CC(=O)NCCC[Si](C)(C)O[Si](C)(C)CSc1ncc(COCCOCCOCCN)cn1. The third-order valence-corrected chi connectivity index (χ3v) is 14.2. The van der Waals surface area contributed by atoms with Crippen LogP contribution in [0.3, 0.4) is 0 Å². The fraction of sp³-hybridized carbons (Fsp3) is 0.762. The van der Waals surface area contributed by atoms with Gasteiger partial charge in [0.2, 0.25) is 5.91 Å². The highest BCUT2D eigenvalue weighted by Gasteiger charge is 2.33. The van der Waals surface area contributed by atoms with Gasteiger partial charge in [-0.2, -0.15) is 0 Å². The Hall–Kier alpha value is -0.866. The molecule has 0 atom stereocenters. The zero-order chi connectivity index (χ0) is 24.6. The van der Waals surface area contributed by atoms with Gasteiger partial charge >= 0.3 is 0 Å². The van der Waals surface area contributed by atoms with Gasteiger partial charge in [0.15, 0.2) is 21.8 Å². The number of nitrogens with one attached hydrogen (secondary N) is 1. The van der Waals surface area contributed by atoms with Gasteiger partial charge in [-0.15, -0.1) is 0 Å². The predicted octanol–water partition coefficient (Wildman–Crippen LogP) is 2.57. The number of rotatable bonds is 19. The maximum Gasteiger partial charge on any atom is 0.216 e. The first-order chi connectivity index (χ1) is 15.6. The zero-order valence-electron chi connectivity index (χ0n) is 20.9. The Kier molecular flexibility index (Phi) is 15.3. The summed E-state index contributed by atoms with van der Waals surface area (Å²) in [6.07, 6.45) is 4.58. The molecule has 33 heavy (non-hydrogen) atoms. The number of ether oxygens (including phenoxy) is 3. The van der Waals surface area contributed by atoms with E-state index in [4.69, 9.17) is 24.1 Å². The van der Waals surface area contributed by atoms with Gasteiger partial charge in [-0.25, -0.2) is 9.97 Å². The molecule has 1 aromatic rings. The van der Waals surface area contributed by atoms with Crippen molar-refractivity contribution in [3.05, 3.63) is 18.0 Å². The van der Waals surface area contributed by atoms with Crippen LogP contribution in [0.25, 0.3) is 0 Å². The van der Waals surface area contributed by atoms with E-state index in [1.807, 2.05) is 12.4 Å². The topological polar surface area (TPSA) is 118 Å². The molecule has 0 bridgehead atoms. The highest BCUT2D eigenvalue weighted by molar-refractivity contribution is 8.00. The predicted molar refractivity (Wildman–Crippen MR) is 137 cm³/mol. The van der Waals surface area contributed by atoms with E-state index in [0.29, 0.717) is 52.7 Å². The average molecular weight is 519 g/mol. The van der Waals surface area contributed by atoms with Crippen molar-refractivity contribution < 1.29 is 23.1 Å². The number of carbonyl (C=O) groups excluding carboxylic acids is 1. The molecule has 9 nitrogen and oxygen atoms in total. The van der Waals surface area contributed by atoms with Crippen LogP contribution < -0.4 is 11.1 Å². The van der Waals surface area contributed by atoms with Gasteiger partial charge in [-0.3, -0.25) is 4.79 Å². The van der Waals surface area contributed by atoms with Crippen molar-refractivity contribution in [2.75, 3.05) is 51.5 Å². The minimum absolute atomic E-state index is 0.0216. The number of nitrogens with zero attached hydrogens (tertiary/aromatic N) is 2. The Morgan fingerprint density at radius 3 is 2.21 bits per heavy atom. The number of nitrogens with two attached hydrogens (primary N) is 1. The third kappa shape index (κ3) is 16.4. The van der Waals surface area contributed by atoms with Crippen LogP contribution in [0.15, 0.2) is 17.6 Å². The summed E-state index contributed by atoms with van der Waals surface area (Å²) in [4.78, 5) is 19.9. The Bertz CT molecular complexity index is 669. The van der Waals surface area contributed by atoms with Gasteiger partial charge in [0.05, 0.1) is 39.6 Å². The Morgan fingerprint density at radius 2 is 1.61 bits per heavy atom. The number of hydrogen-bond acceptors (Lipinski definition) is 9. The van der Waals surface area contributed by atoms with Crippen molar-refractivity contribution in [3.8, 4) is 0 Å². The molecule has 0 fully saturated rings. The normalized spacial score (nSPS) is 12.2. The van der Waals surface area contributed by atoms with Crippen LogP contribution in [-0.2, 0) is 29.7 Å². The maximum atomic E-state index is 11.0. The van der Waals surface area contributed by atoms with Gasteiger partial charge in [-0.1, -0.05) is 11.8 Å². The molecule has 0 radical (unpaired) electrons. The zero-order valence-corrected chi connectivity index (χ0v) is 23.7.